The molecule has 0 aromatic carbocycles. The van der Waals surface area contributed by atoms with Gasteiger partial charge in [0.15, 0.2) is 0 Å². The molecule has 36 heavy (non-hydrogen) atoms. The number of halogens is 5. The van der Waals surface area contributed by atoms with Crippen molar-refractivity contribution in [3.05, 3.63) is 23.3 Å². The van der Waals surface area contributed by atoms with Gasteiger partial charge in [-0.25, -0.2) is 4.79 Å². The summed E-state index contributed by atoms with van der Waals surface area (Å²) in [5.41, 5.74) is 0.909. The van der Waals surface area contributed by atoms with Crippen LogP contribution in [0.5, 0.6) is 0 Å². The molecule has 0 radical (unpaired) electrons. The van der Waals surface area contributed by atoms with Crippen molar-refractivity contribution in [3.63, 3.8) is 0 Å². The van der Waals surface area contributed by atoms with Gasteiger partial charge in [0.1, 0.15) is 6.10 Å². The third-order valence-corrected chi connectivity index (χ3v) is 9.95. The zero-order chi connectivity index (χ0) is 26.8. The Labute approximate surface area is 207 Å². The van der Waals surface area contributed by atoms with Gasteiger partial charge in [-0.15, -0.1) is 0 Å². The van der Waals surface area contributed by atoms with Crippen LogP contribution in [0, 0.1) is 34.5 Å². The smallest absolute Gasteiger partial charge is 0.456 e. The fourth-order valence-electron chi connectivity index (χ4n) is 7.81. The molecule has 2 saturated carbocycles. The second-order valence-corrected chi connectivity index (χ2v) is 11.7. The zero-order valence-electron chi connectivity index (χ0n) is 20.7. The predicted molar refractivity (Wildman–Crippen MR) is 121 cm³/mol. The van der Waals surface area contributed by atoms with Crippen LogP contribution in [0.2, 0.25) is 0 Å². The third kappa shape index (κ3) is 4.07. The van der Waals surface area contributed by atoms with E-state index in [1.165, 1.54) is 0 Å². The maximum absolute atomic E-state index is 13.6. The molecule has 0 saturated heterocycles. The summed E-state index contributed by atoms with van der Waals surface area (Å²) in [6.45, 7) is 5.17. The monoisotopic (exact) mass is 519 g/mol. The van der Waals surface area contributed by atoms with E-state index in [0.717, 1.165) is 38.2 Å². The van der Waals surface area contributed by atoms with E-state index in [0.29, 0.717) is 30.8 Å². The molecule has 10 heteroatoms. The summed E-state index contributed by atoms with van der Waals surface area (Å²) < 4.78 is 65.2. The number of carbonyl (C=O) groups is 2. The first-order valence-corrected chi connectivity index (χ1v) is 12.6. The molecule has 0 aromatic rings. The lowest BCUT2D eigenvalue weighted by Gasteiger charge is -2.57. The van der Waals surface area contributed by atoms with Gasteiger partial charge < -0.3 is 15.5 Å². The molecule has 1 amide bonds. The molecule has 5 nitrogen and oxygen atoms in total. The van der Waals surface area contributed by atoms with Gasteiger partial charge >= 0.3 is 18.1 Å². The Balaban J connectivity index is 1.50. The number of aliphatic carboxylic acids is 1. The fourth-order valence-corrected chi connectivity index (χ4v) is 7.81. The van der Waals surface area contributed by atoms with Crippen LogP contribution in [-0.4, -0.2) is 46.3 Å². The van der Waals surface area contributed by atoms with Crippen molar-refractivity contribution in [2.24, 2.45) is 34.5 Å². The van der Waals surface area contributed by atoms with Crippen LogP contribution < -0.4 is 5.32 Å². The number of carboxylic acids is 1. The Morgan fingerprint density at radius 1 is 1.08 bits per heavy atom. The number of hydrogen-bond acceptors (Lipinski definition) is 3. The zero-order valence-corrected chi connectivity index (χ0v) is 20.7. The molecular weight excluding hydrogens is 485 g/mol. The van der Waals surface area contributed by atoms with Gasteiger partial charge in [0, 0.05) is 11.5 Å². The average Bonchev–Trinajstić information content (AvgIpc) is 3.14. The number of rotatable bonds is 5. The minimum absolute atomic E-state index is 0.147. The Bertz CT molecular complexity index is 991. The lowest BCUT2D eigenvalue weighted by atomic mass is 9.48. The van der Waals surface area contributed by atoms with Gasteiger partial charge in [-0.3, -0.25) is 4.79 Å². The molecule has 2 fully saturated rings. The van der Waals surface area contributed by atoms with Crippen molar-refractivity contribution in [1.82, 2.24) is 5.32 Å². The molecule has 3 N–H and O–H groups in total. The van der Waals surface area contributed by atoms with Crippen LogP contribution >= 0.6 is 0 Å². The maximum atomic E-state index is 13.6. The summed E-state index contributed by atoms with van der Waals surface area (Å²) >= 11 is 0. The van der Waals surface area contributed by atoms with Gasteiger partial charge in [0.05, 0.1) is 6.04 Å². The first kappa shape index (κ1) is 27.1. The molecule has 4 rings (SSSR count). The van der Waals surface area contributed by atoms with E-state index in [9.17, 15) is 41.8 Å². The molecular formula is C26H34F5NO4. The molecule has 4 aliphatic rings. The number of aliphatic hydroxyl groups is 1. The lowest BCUT2D eigenvalue weighted by Crippen LogP contribution is -2.58. The van der Waals surface area contributed by atoms with Crippen LogP contribution in [0.4, 0.5) is 22.0 Å². The molecule has 0 aromatic heterocycles. The minimum Gasteiger partial charge on any atom is -0.478 e. The van der Waals surface area contributed by atoms with Crippen molar-refractivity contribution in [2.45, 2.75) is 90.0 Å². The molecule has 0 spiro atoms. The van der Waals surface area contributed by atoms with Gasteiger partial charge in [-0.2, -0.15) is 22.0 Å². The summed E-state index contributed by atoms with van der Waals surface area (Å²) in [7, 11) is 0. The summed E-state index contributed by atoms with van der Waals surface area (Å²) in [5.74, 6) is -6.57. The number of carbonyl (C=O) groups excluding carboxylic acids is 1. The first-order valence-electron chi connectivity index (χ1n) is 12.6. The minimum atomic E-state index is -5.92. The SMILES string of the molecule is CC(NC(=O)[C@H]1CC[C@H]2[C@@H]3CC=C4C=C(C(=O)O)CC[C@]4(C)[C@H]3CC[C@]12C)C(O)C(F)(F)C(F)(F)F. The van der Waals surface area contributed by atoms with Crippen LogP contribution in [0.3, 0.4) is 0 Å². The normalized spacial score (nSPS) is 38.0. The second kappa shape index (κ2) is 8.81. The molecule has 0 heterocycles. The highest BCUT2D eigenvalue weighted by Gasteiger charge is 2.64. The largest absolute Gasteiger partial charge is 0.478 e. The highest BCUT2D eigenvalue weighted by atomic mass is 19.4. The molecule has 2 unspecified atom stereocenters. The van der Waals surface area contributed by atoms with E-state index >= 15 is 0 Å². The number of amides is 1. The number of aliphatic hydroxyl groups excluding tert-OH is 1. The summed E-state index contributed by atoms with van der Waals surface area (Å²) in [6, 6.07) is -1.77. The average molecular weight is 520 g/mol. The standard InChI is InChI=1S/C26H34F5NO4/c1-13(20(33)25(27,28)26(29,30)31)32-21(34)19-7-6-17-16-5-4-15-12-14(22(35)36)8-10-23(15,2)18(16)9-11-24(17,19)3/h4,12-13,16-20,33H,5-11H2,1-3H3,(H,32,34)(H,35,36)/t13?,16-,17-,18-,19+,20?,23-,24-/m0/s1. The second-order valence-electron chi connectivity index (χ2n) is 11.7. The number of alkyl halides is 5. The van der Waals surface area contributed by atoms with Gasteiger partial charge in [-0.1, -0.05) is 19.9 Å². The topological polar surface area (TPSA) is 86.6 Å². The van der Waals surface area contributed by atoms with Crippen molar-refractivity contribution in [1.29, 1.82) is 0 Å². The van der Waals surface area contributed by atoms with Crippen LogP contribution in [0.25, 0.3) is 0 Å². The number of hydrogen-bond donors (Lipinski definition) is 3. The quantitative estimate of drug-likeness (QED) is 0.433. The Morgan fingerprint density at radius 2 is 1.75 bits per heavy atom. The summed E-state index contributed by atoms with van der Waals surface area (Å²) in [5, 5.41) is 21.4. The van der Waals surface area contributed by atoms with Gasteiger partial charge in [0.2, 0.25) is 5.91 Å². The first-order chi connectivity index (χ1) is 16.5. The maximum Gasteiger partial charge on any atom is 0.456 e. The van der Waals surface area contributed by atoms with Crippen molar-refractivity contribution in [3.8, 4) is 0 Å². The fraction of sp³-hybridized carbons (Fsp3) is 0.769. The molecule has 0 aliphatic heterocycles. The summed E-state index contributed by atoms with van der Waals surface area (Å²) in [6.07, 6.45) is -0.260. The van der Waals surface area contributed by atoms with E-state index < -0.39 is 47.5 Å². The van der Waals surface area contributed by atoms with E-state index in [4.69, 9.17) is 0 Å². The van der Waals surface area contributed by atoms with E-state index in [-0.39, 0.29) is 17.3 Å². The third-order valence-electron chi connectivity index (χ3n) is 9.95. The lowest BCUT2D eigenvalue weighted by molar-refractivity contribution is -0.315. The van der Waals surface area contributed by atoms with Crippen LogP contribution in [0.1, 0.15) is 65.7 Å². The number of nitrogens with one attached hydrogen (secondary N) is 1. The molecule has 202 valence electrons. The molecule has 4 aliphatic carbocycles. The molecule has 8 atom stereocenters. The summed E-state index contributed by atoms with van der Waals surface area (Å²) in [4.78, 5) is 24.6. The van der Waals surface area contributed by atoms with Crippen molar-refractivity contribution in [2.75, 3.05) is 0 Å². The Hall–Kier alpha value is -1.97. The van der Waals surface area contributed by atoms with Crippen molar-refractivity contribution < 1.29 is 41.8 Å². The van der Waals surface area contributed by atoms with E-state index in [2.05, 4.69) is 18.3 Å². The highest BCUT2D eigenvalue weighted by molar-refractivity contribution is 5.87. The van der Waals surface area contributed by atoms with Gasteiger partial charge in [-0.05, 0) is 92.1 Å². The number of allylic oxidation sites excluding steroid dienone is 3. The number of carboxylic acid groups (broad SMARTS) is 1. The van der Waals surface area contributed by atoms with Crippen molar-refractivity contribution >= 4 is 11.9 Å². The van der Waals surface area contributed by atoms with Crippen LogP contribution in [-0.2, 0) is 9.59 Å². The van der Waals surface area contributed by atoms with Crippen LogP contribution in [0.15, 0.2) is 23.3 Å². The molecule has 0 bridgehead atoms. The number of fused-ring (bicyclic) bond motifs is 5. The predicted octanol–water partition coefficient (Wildman–Crippen LogP) is 5.25. The highest BCUT2D eigenvalue weighted by Crippen LogP contribution is 2.66. The van der Waals surface area contributed by atoms with E-state index in [1.54, 1.807) is 0 Å². The van der Waals surface area contributed by atoms with Gasteiger partial charge in [0.25, 0.3) is 0 Å². The Kier molecular flexibility index (Phi) is 6.62. The Morgan fingerprint density at radius 3 is 2.36 bits per heavy atom. The van der Waals surface area contributed by atoms with E-state index in [1.807, 2.05) is 13.0 Å².